The number of rotatable bonds is 3. The van der Waals surface area contributed by atoms with Gasteiger partial charge in [0.25, 0.3) is 0 Å². The van der Waals surface area contributed by atoms with Crippen molar-refractivity contribution in [3.05, 3.63) is 71.1 Å². The molecule has 0 aliphatic carbocycles. The van der Waals surface area contributed by atoms with E-state index in [4.69, 9.17) is 9.72 Å². The van der Waals surface area contributed by atoms with E-state index in [1.54, 1.807) is 0 Å². The van der Waals surface area contributed by atoms with Crippen LogP contribution in [-0.2, 0) is 11.2 Å². The van der Waals surface area contributed by atoms with Crippen LogP contribution in [0.1, 0.15) is 41.8 Å². The molecule has 0 spiro atoms. The third kappa shape index (κ3) is 4.06. The van der Waals surface area contributed by atoms with Gasteiger partial charge in [-0.2, -0.15) is 0 Å². The number of piperidine rings is 3. The Kier molecular flexibility index (Phi) is 5.43. The van der Waals surface area contributed by atoms with Gasteiger partial charge in [-0.05, 0) is 55.6 Å². The van der Waals surface area contributed by atoms with Gasteiger partial charge in [-0.1, -0.05) is 48.2 Å². The van der Waals surface area contributed by atoms with E-state index in [2.05, 4.69) is 59.2 Å². The minimum Gasteiger partial charge on any atom is -0.377 e. The second-order valence-corrected chi connectivity index (χ2v) is 8.63. The molecule has 4 heteroatoms. The zero-order valence-corrected chi connectivity index (χ0v) is 17.3. The Morgan fingerprint density at radius 1 is 1.13 bits per heavy atom. The highest BCUT2D eigenvalue weighted by Gasteiger charge is 2.44. The molecular weight excluding hydrogens is 372 g/mol. The van der Waals surface area contributed by atoms with E-state index in [-0.39, 0.29) is 5.92 Å². The number of fused-ring (bicyclic) bond motifs is 3. The lowest BCUT2D eigenvalue weighted by Gasteiger charge is -2.47. The maximum absolute atomic E-state index is 11.2. The molecule has 1 atom stereocenters. The molecule has 1 unspecified atom stereocenters. The van der Waals surface area contributed by atoms with E-state index in [1.807, 2.05) is 6.07 Å². The predicted molar refractivity (Wildman–Crippen MR) is 118 cm³/mol. The van der Waals surface area contributed by atoms with E-state index in [1.165, 1.54) is 11.1 Å². The maximum atomic E-state index is 11.2. The largest absolute Gasteiger partial charge is 0.377 e. The standard InChI is InChI=1S/C26H28N2O2/c29-26(19-28-14-9-23(26)10-15-28)13-8-21-6-7-24(22-11-16-30-17-12-22)27-25(21)18-20-4-2-1-3-5-20/h1-7,11,23,29H,9-10,12,14-19H2. The summed E-state index contributed by atoms with van der Waals surface area (Å²) in [6.45, 7) is 4.23. The molecule has 3 fully saturated rings. The number of aromatic nitrogens is 1. The Hall–Kier alpha value is -2.45. The first-order valence-corrected chi connectivity index (χ1v) is 11.0. The summed E-state index contributed by atoms with van der Waals surface area (Å²) < 4.78 is 5.45. The molecule has 3 saturated heterocycles. The van der Waals surface area contributed by atoms with Crippen molar-refractivity contribution in [2.45, 2.75) is 31.3 Å². The van der Waals surface area contributed by atoms with Gasteiger partial charge in [-0.25, -0.2) is 0 Å². The molecule has 1 aromatic carbocycles. The van der Waals surface area contributed by atoms with Crippen molar-refractivity contribution in [2.75, 3.05) is 32.8 Å². The Morgan fingerprint density at radius 2 is 1.97 bits per heavy atom. The number of aliphatic hydroxyl groups is 1. The average Bonchev–Trinajstić information content (AvgIpc) is 2.80. The van der Waals surface area contributed by atoms with E-state index < -0.39 is 5.60 Å². The fraction of sp³-hybridized carbons (Fsp3) is 0.423. The average molecular weight is 401 g/mol. The first-order chi connectivity index (χ1) is 14.7. The first kappa shape index (κ1) is 19.5. The van der Waals surface area contributed by atoms with Crippen LogP contribution < -0.4 is 0 Å². The van der Waals surface area contributed by atoms with Crippen LogP contribution in [-0.4, -0.2) is 53.4 Å². The van der Waals surface area contributed by atoms with Crippen LogP contribution in [0.4, 0.5) is 0 Å². The zero-order valence-electron chi connectivity index (χ0n) is 17.3. The molecule has 30 heavy (non-hydrogen) atoms. The van der Waals surface area contributed by atoms with Crippen LogP contribution in [0.2, 0.25) is 0 Å². The lowest BCUT2D eigenvalue weighted by atomic mass is 9.75. The maximum Gasteiger partial charge on any atom is 0.141 e. The Labute approximate surface area is 178 Å². The molecule has 154 valence electrons. The number of hydrogen-bond donors (Lipinski definition) is 1. The number of benzene rings is 1. The van der Waals surface area contributed by atoms with Gasteiger partial charge in [0.15, 0.2) is 0 Å². The number of ether oxygens (including phenoxy) is 1. The predicted octanol–water partition coefficient (Wildman–Crippen LogP) is 3.28. The highest BCUT2D eigenvalue weighted by Crippen LogP contribution is 2.35. The van der Waals surface area contributed by atoms with Crippen molar-refractivity contribution in [1.82, 2.24) is 9.88 Å². The van der Waals surface area contributed by atoms with Crippen molar-refractivity contribution in [1.29, 1.82) is 0 Å². The summed E-state index contributed by atoms with van der Waals surface area (Å²) in [4.78, 5) is 7.34. The summed E-state index contributed by atoms with van der Waals surface area (Å²) in [7, 11) is 0. The summed E-state index contributed by atoms with van der Waals surface area (Å²) in [5.41, 5.74) is 4.46. The molecule has 2 bridgehead atoms. The van der Waals surface area contributed by atoms with Crippen LogP contribution in [0.15, 0.2) is 48.5 Å². The lowest BCUT2D eigenvalue weighted by molar-refractivity contribution is -0.0713. The Morgan fingerprint density at radius 3 is 2.67 bits per heavy atom. The quantitative estimate of drug-likeness (QED) is 0.804. The first-order valence-electron chi connectivity index (χ1n) is 11.0. The van der Waals surface area contributed by atoms with Gasteiger partial charge in [0.1, 0.15) is 5.60 Å². The number of pyridine rings is 1. The fourth-order valence-corrected chi connectivity index (χ4v) is 4.83. The zero-order chi connectivity index (χ0) is 20.4. The highest BCUT2D eigenvalue weighted by molar-refractivity contribution is 5.64. The molecule has 4 aliphatic rings. The van der Waals surface area contributed by atoms with Gasteiger partial charge in [0, 0.05) is 24.4 Å². The summed E-state index contributed by atoms with van der Waals surface area (Å²) in [5, 5.41) is 11.2. The normalized spacial score (nSPS) is 27.8. The molecule has 0 amide bonds. The van der Waals surface area contributed by atoms with Crippen LogP contribution in [0.5, 0.6) is 0 Å². The molecule has 6 rings (SSSR count). The summed E-state index contributed by atoms with van der Waals surface area (Å²) in [6, 6.07) is 14.5. The summed E-state index contributed by atoms with van der Waals surface area (Å²) >= 11 is 0. The smallest absolute Gasteiger partial charge is 0.141 e. The minimum absolute atomic E-state index is 0.284. The van der Waals surface area contributed by atoms with Gasteiger partial charge in [-0.15, -0.1) is 0 Å². The van der Waals surface area contributed by atoms with Gasteiger partial charge < -0.3 is 9.84 Å². The van der Waals surface area contributed by atoms with Gasteiger partial charge in [0.2, 0.25) is 0 Å². The minimum atomic E-state index is -0.900. The molecule has 5 heterocycles. The molecule has 1 aromatic heterocycles. The van der Waals surface area contributed by atoms with Gasteiger partial charge >= 0.3 is 0 Å². The SMILES string of the molecule is OC1(C#Cc2ccc(C3=CCOCC3)nc2Cc2ccccc2)CN2CCC1CC2. The van der Waals surface area contributed by atoms with Crippen LogP contribution >= 0.6 is 0 Å². The topological polar surface area (TPSA) is 45.6 Å². The van der Waals surface area contributed by atoms with Crippen molar-refractivity contribution < 1.29 is 9.84 Å². The van der Waals surface area contributed by atoms with Crippen molar-refractivity contribution in [3.63, 3.8) is 0 Å². The van der Waals surface area contributed by atoms with Crippen molar-refractivity contribution in [2.24, 2.45) is 5.92 Å². The van der Waals surface area contributed by atoms with Gasteiger partial charge in [-0.3, -0.25) is 9.88 Å². The molecule has 0 saturated carbocycles. The van der Waals surface area contributed by atoms with Crippen LogP contribution in [0.3, 0.4) is 0 Å². The molecule has 2 aromatic rings. The number of hydrogen-bond acceptors (Lipinski definition) is 4. The van der Waals surface area contributed by atoms with E-state index in [9.17, 15) is 5.11 Å². The second kappa shape index (κ2) is 8.35. The molecule has 4 nitrogen and oxygen atoms in total. The Bertz CT molecular complexity index is 997. The second-order valence-electron chi connectivity index (χ2n) is 8.63. The van der Waals surface area contributed by atoms with E-state index in [0.29, 0.717) is 13.2 Å². The number of nitrogens with zero attached hydrogens (tertiary/aromatic N) is 2. The third-order valence-corrected chi connectivity index (χ3v) is 6.62. The summed E-state index contributed by atoms with van der Waals surface area (Å²) in [6.07, 6.45) is 5.82. The van der Waals surface area contributed by atoms with Crippen LogP contribution in [0, 0.1) is 17.8 Å². The van der Waals surface area contributed by atoms with Crippen LogP contribution in [0.25, 0.3) is 5.57 Å². The third-order valence-electron chi connectivity index (χ3n) is 6.62. The van der Waals surface area contributed by atoms with Crippen molar-refractivity contribution >= 4 is 5.57 Å². The molecule has 4 aliphatic heterocycles. The Balaban J connectivity index is 1.49. The highest BCUT2D eigenvalue weighted by atomic mass is 16.5. The van der Waals surface area contributed by atoms with E-state index >= 15 is 0 Å². The van der Waals surface area contributed by atoms with Crippen molar-refractivity contribution in [3.8, 4) is 11.8 Å². The summed E-state index contributed by atoms with van der Waals surface area (Å²) in [5.74, 6) is 6.87. The fourth-order valence-electron chi connectivity index (χ4n) is 4.83. The monoisotopic (exact) mass is 400 g/mol. The lowest BCUT2D eigenvalue weighted by Crippen LogP contribution is -2.58. The van der Waals surface area contributed by atoms with E-state index in [0.717, 1.165) is 62.3 Å². The molecular formula is C26H28N2O2. The molecule has 0 radical (unpaired) electrons. The molecule has 1 N–H and O–H groups in total. The van der Waals surface area contributed by atoms with Gasteiger partial charge in [0.05, 0.1) is 24.6 Å².